The highest BCUT2D eigenvalue weighted by molar-refractivity contribution is 7.22. The van der Waals surface area contributed by atoms with E-state index >= 15 is 0 Å². The monoisotopic (exact) mass is 372 g/mol. The van der Waals surface area contributed by atoms with E-state index in [9.17, 15) is 9.59 Å². The fraction of sp³-hybridized carbons (Fsp3) is 0. The van der Waals surface area contributed by atoms with E-state index in [1.165, 1.54) is 17.6 Å². The first-order chi connectivity index (χ1) is 13.2. The molecule has 5 rings (SSSR count). The van der Waals surface area contributed by atoms with Gasteiger partial charge in [-0.2, -0.15) is 0 Å². The molecule has 0 bridgehead atoms. The molecule has 5 nitrogen and oxygen atoms in total. The molecule has 5 aromatic rings. The number of nitrogens with one attached hydrogen (secondary N) is 1. The fourth-order valence-corrected chi connectivity index (χ4v) is 3.99. The molecule has 2 heterocycles. The Morgan fingerprint density at radius 3 is 2.63 bits per heavy atom. The smallest absolute Gasteiger partial charge is 0.264 e. The quantitative estimate of drug-likeness (QED) is 0.483. The SMILES string of the molecule is O=C(Nc1nc2c(ccc3ccccc32)s1)c1coc2ccccc2c1=O. The van der Waals surface area contributed by atoms with Crippen LogP contribution < -0.4 is 10.7 Å². The maximum absolute atomic E-state index is 12.6. The van der Waals surface area contributed by atoms with Crippen LogP contribution in [-0.2, 0) is 0 Å². The van der Waals surface area contributed by atoms with E-state index in [2.05, 4.69) is 10.3 Å². The summed E-state index contributed by atoms with van der Waals surface area (Å²) in [6.07, 6.45) is 1.20. The van der Waals surface area contributed by atoms with Crippen LogP contribution in [0.15, 0.2) is 76.1 Å². The zero-order valence-electron chi connectivity index (χ0n) is 13.9. The molecule has 0 unspecified atom stereocenters. The molecule has 1 amide bonds. The van der Waals surface area contributed by atoms with Crippen molar-refractivity contribution in [3.05, 3.63) is 82.7 Å². The highest BCUT2D eigenvalue weighted by Gasteiger charge is 2.16. The molecule has 1 N–H and O–H groups in total. The van der Waals surface area contributed by atoms with E-state index in [1.807, 2.05) is 36.4 Å². The summed E-state index contributed by atoms with van der Waals surface area (Å²) < 4.78 is 6.39. The first-order valence-corrected chi connectivity index (χ1v) is 9.12. The largest absolute Gasteiger partial charge is 0.463 e. The Hall–Kier alpha value is -3.51. The number of amides is 1. The third-order valence-electron chi connectivity index (χ3n) is 4.43. The predicted molar refractivity (Wildman–Crippen MR) is 108 cm³/mol. The third kappa shape index (κ3) is 2.58. The molecule has 0 spiro atoms. The fourth-order valence-electron chi connectivity index (χ4n) is 3.11. The molecule has 0 aliphatic carbocycles. The molecule has 0 aliphatic rings. The third-order valence-corrected chi connectivity index (χ3v) is 5.36. The first-order valence-electron chi connectivity index (χ1n) is 8.31. The van der Waals surface area contributed by atoms with Crippen molar-refractivity contribution >= 4 is 54.3 Å². The Balaban J connectivity index is 1.55. The number of thiazole rings is 1. The van der Waals surface area contributed by atoms with Crippen molar-refractivity contribution in [1.82, 2.24) is 4.98 Å². The molecule has 2 aromatic heterocycles. The normalized spacial score (nSPS) is 11.3. The van der Waals surface area contributed by atoms with Gasteiger partial charge in [0.15, 0.2) is 5.13 Å². The molecule has 0 fully saturated rings. The Bertz CT molecular complexity index is 1400. The minimum atomic E-state index is -0.530. The average Bonchev–Trinajstić information content (AvgIpc) is 3.11. The van der Waals surface area contributed by atoms with Gasteiger partial charge < -0.3 is 4.42 Å². The number of carbonyl (C=O) groups is 1. The topological polar surface area (TPSA) is 72.2 Å². The molecule has 0 atom stereocenters. The summed E-state index contributed by atoms with van der Waals surface area (Å²) in [5.74, 6) is -0.530. The number of anilines is 1. The van der Waals surface area contributed by atoms with Crippen molar-refractivity contribution in [1.29, 1.82) is 0 Å². The van der Waals surface area contributed by atoms with Crippen molar-refractivity contribution in [2.24, 2.45) is 0 Å². The lowest BCUT2D eigenvalue weighted by molar-refractivity contribution is 0.102. The van der Waals surface area contributed by atoms with Crippen LogP contribution in [0.2, 0.25) is 0 Å². The Labute approximate surface area is 156 Å². The highest BCUT2D eigenvalue weighted by Crippen LogP contribution is 2.31. The number of rotatable bonds is 2. The van der Waals surface area contributed by atoms with Crippen LogP contribution in [0.1, 0.15) is 10.4 Å². The van der Waals surface area contributed by atoms with Crippen LogP contribution in [0.4, 0.5) is 5.13 Å². The molecule has 27 heavy (non-hydrogen) atoms. The average molecular weight is 372 g/mol. The van der Waals surface area contributed by atoms with E-state index in [-0.39, 0.29) is 11.0 Å². The van der Waals surface area contributed by atoms with Crippen LogP contribution in [0.25, 0.3) is 32.0 Å². The summed E-state index contributed by atoms with van der Waals surface area (Å²) in [4.78, 5) is 29.7. The molecule has 3 aromatic carbocycles. The van der Waals surface area contributed by atoms with E-state index < -0.39 is 5.91 Å². The number of para-hydroxylation sites is 1. The molecule has 0 radical (unpaired) electrons. The lowest BCUT2D eigenvalue weighted by Gasteiger charge is -2.02. The Morgan fingerprint density at radius 1 is 0.963 bits per heavy atom. The number of aromatic nitrogens is 1. The van der Waals surface area contributed by atoms with Crippen LogP contribution in [0.5, 0.6) is 0 Å². The molecule has 130 valence electrons. The lowest BCUT2D eigenvalue weighted by atomic mass is 10.1. The van der Waals surface area contributed by atoms with Gasteiger partial charge in [-0.25, -0.2) is 4.98 Å². The minimum Gasteiger partial charge on any atom is -0.463 e. The van der Waals surface area contributed by atoms with Crippen molar-refractivity contribution in [2.75, 3.05) is 5.32 Å². The van der Waals surface area contributed by atoms with E-state index in [1.54, 1.807) is 24.3 Å². The number of benzene rings is 3. The van der Waals surface area contributed by atoms with Crippen molar-refractivity contribution in [3.8, 4) is 0 Å². The van der Waals surface area contributed by atoms with Crippen LogP contribution in [0.3, 0.4) is 0 Å². The van der Waals surface area contributed by atoms with Gasteiger partial charge in [0.1, 0.15) is 17.4 Å². The van der Waals surface area contributed by atoms with Crippen LogP contribution in [0, 0.1) is 0 Å². The summed E-state index contributed by atoms with van der Waals surface area (Å²) in [7, 11) is 0. The van der Waals surface area contributed by atoms with Gasteiger partial charge >= 0.3 is 0 Å². The zero-order valence-corrected chi connectivity index (χ0v) is 14.7. The summed E-state index contributed by atoms with van der Waals surface area (Å²) in [5.41, 5.74) is 0.878. The van der Waals surface area contributed by atoms with Gasteiger partial charge in [0.2, 0.25) is 5.43 Å². The number of carbonyl (C=O) groups excluding carboxylic acids is 1. The van der Waals surface area contributed by atoms with Crippen LogP contribution >= 0.6 is 11.3 Å². The Kier molecular flexibility index (Phi) is 3.51. The van der Waals surface area contributed by atoms with Crippen molar-refractivity contribution in [2.45, 2.75) is 0 Å². The van der Waals surface area contributed by atoms with Crippen molar-refractivity contribution in [3.63, 3.8) is 0 Å². The number of fused-ring (bicyclic) bond motifs is 4. The predicted octanol–water partition coefficient (Wildman–Crippen LogP) is 4.81. The zero-order chi connectivity index (χ0) is 18.4. The van der Waals surface area contributed by atoms with Crippen molar-refractivity contribution < 1.29 is 9.21 Å². The second-order valence-corrected chi connectivity index (χ2v) is 7.11. The number of nitrogens with zero attached hydrogens (tertiary/aromatic N) is 1. The molecular formula is C21H12N2O3S. The molecule has 6 heteroatoms. The number of hydrogen-bond acceptors (Lipinski definition) is 5. The second-order valence-electron chi connectivity index (χ2n) is 6.08. The van der Waals surface area contributed by atoms with Gasteiger partial charge in [0, 0.05) is 5.39 Å². The highest BCUT2D eigenvalue weighted by atomic mass is 32.1. The maximum atomic E-state index is 12.6. The maximum Gasteiger partial charge on any atom is 0.264 e. The van der Waals surface area contributed by atoms with Gasteiger partial charge in [0.05, 0.1) is 15.6 Å². The molecule has 0 aliphatic heterocycles. The van der Waals surface area contributed by atoms with Crippen LogP contribution in [-0.4, -0.2) is 10.9 Å². The summed E-state index contributed by atoms with van der Waals surface area (Å²) in [6.45, 7) is 0. The summed E-state index contributed by atoms with van der Waals surface area (Å²) in [6, 6.07) is 18.8. The van der Waals surface area contributed by atoms with Gasteiger partial charge in [-0.15, -0.1) is 0 Å². The number of hydrogen-bond donors (Lipinski definition) is 1. The van der Waals surface area contributed by atoms with Gasteiger partial charge in [-0.05, 0) is 23.6 Å². The van der Waals surface area contributed by atoms with Gasteiger partial charge in [-0.1, -0.05) is 53.8 Å². The van der Waals surface area contributed by atoms with E-state index in [4.69, 9.17) is 4.42 Å². The van der Waals surface area contributed by atoms with Gasteiger partial charge in [-0.3, -0.25) is 14.9 Å². The lowest BCUT2D eigenvalue weighted by Crippen LogP contribution is -2.21. The van der Waals surface area contributed by atoms with E-state index in [0.29, 0.717) is 16.1 Å². The van der Waals surface area contributed by atoms with Gasteiger partial charge in [0.25, 0.3) is 5.91 Å². The Morgan fingerprint density at radius 2 is 1.74 bits per heavy atom. The second kappa shape index (κ2) is 6.03. The minimum absolute atomic E-state index is 0.0437. The summed E-state index contributed by atoms with van der Waals surface area (Å²) in [5, 5.41) is 5.66. The van der Waals surface area contributed by atoms with E-state index in [0.717, 1.165) is 21.0 Å². The molecule has 0 saturated heterocycles. The first kappa shape index (κ1) is 15.7. The molecule has 0 saturated carbocycles. The standard InChI is InChI=1S/C21H12N2O3S/c24-19-14-7-3-4-8-16(14)26-11-15(19)20(25)23-21-22-18-13-6-2-1-5-12(13)9-10-17(18)27-21/h1-11H,(H,22,23,25). The molecular weight excluding hydrogens is 360 g/mol. The summed E-state index contributed by atoms with van der Waals surface area (Å²) >= 11 is 1.37.